The minimum Gasteiger partial charge on any atom is -0.384 e. The van der Waals surface area contributed by atoms with E-state index in [-0.39, 0.29) is 0 Å². The monoisotopic (exact) mass is 233 g/mol. The van der Waals surface area contributed by atoms with Crippen LogP contribution in [0.2, 0.25) is 0 Å². The summed E-state index contributed by atoms with van der Waals surface area (Å²) in [5, 5.41) is 3.39. The Morgan fingerprint density at radius 2 is 2.35 bits per heavy atom. The maximum atomic E-state index is 5.09. The first-order chi connectivity index (χ1) is 8.29. The van der Waals surface area contributed by atoms with Crippen molar-refractivity contribution in [3.8, 4) is 0 Å². The van der Waals surface area contributed by atoms with Crippen LogP contribution in [0.1, 0.15) is 12.6 Å². The Bertz CT molecular complexity index is 433. The van der Waals surface area contributed by atoms with E-state index >= 15 is 0 Å². The van der Waals surface area contributed by atoms with Gasteiger partial charge in [0.2, 0.25) is 0 Å². The van der Waals surface area contributed by atoms with Gasteiger partial charge in [0.1, 0.15) is 5.65 Å². The minimum absolute atomic E-state index is 0.525. The molecule has 0 amide bonds. The van der Waals surface area contributed by atoms with Gasteiger partial charge in [0.05, 0.1) is 5.69 Å². The van der Waals surface area contributed by atoms with Crippen molar-refractivity contribution < 1.29 is 4.74 Å². The average molecular weight is 233 g/mol. The van der Waals surface area contributed by atoms with E-state index in [0.29, 0.717) is 5.92 Å². The van der Waals surface area contributed by atoms with Gasteiger partial charge in [-0.05, 0) is 18.1 Å². The Morgan fingerprint density at radius 3 is 3.12 bits per heavy atom. The third-order valence-corrected chi connectivity index (χ3v) is 2.66. The summed E-state index contributed by atoms with van der Waals surface area (Å²) in [6.07, 6.45) is 4.07. The molecule has 1 N–H and O–H groups in total. The quantitative estimate of drug-likeness (QED) is 0.825. The van der Waals surface area contributed by atoms with E-state index < -0.39 is 0 Å². The van der Waals surface area contributed by atoms with Crippen LogP contribution in [0.3, 0.4) is 0 Å². The summed E-state index contributed by atoms with van der Waals surface area (Å²) >= 11 is 0. The maximum absolute atomic E-state index is 5.09. The third kappa shape index (κ3) is 3.28. The van der Waals surface area contributed by atoms with Gasteiger partial charge in [-0.3, -0.25) is 0 Å². The number of nitrogens with one attached hydrogen (secondary N) is 1. The van der Waals surface area contributed by atoms with Crippen molar-refractivity contribution in [2.24, 2.45) is 5.92 Å². The topological polar surface area (TPSA) is 38.6 Å². The number of imidazole rings is 1. The predicted octanol–water partition coefficient (Wildman–Crippen LogP) is 1.71. The predicted molar refractivity (Wildman–Crippen MR) is 67.9 cm³/mol. The SMILES string of the molecule is COCC(C)CNCc1cn2ccccc2n1. The van der Waals surface area contributed by atoms with E-state index in [1.165, 1.54) is 0 Å². The fourth-order valence-electron chi connectivity index (χ4n) is 1.86. The van der Waals surface area contributed by atoms with Gasteiger partial charge in [-0.25, -0.2) is 4.98 Å². The normalized spacial score (nSPS) is 13.1. The second-order valence-electron chi connectivity index (χ2n) is 4.39. The number of aromatic nitrogens is 2. The average Bonchev–Trinajstić information content (AvgIpc) is 2.71. The Kier molecular flexibility index (Phi) is 4.12. The molecule has 0 saturated heterocycles. The van der Waals surface area contributed by atoms with Crippen molar-refractivity contribution in [1.82, 2.24) is 14.7 Å². The Hall–Kier alpha value is -1.39. The molecule has 2 aromatic heterocycles. The standard InChI is InChI=1S/C13H19N3O/c1-11(10-17-2)7-14-8-12-9-16-6-4-3-5-13(16)15-12/h3-6,9,11,14H,7-8,10H2,1-2H3. The Labute approximate surface area is 102 Å². The third-order valence-electron chi connectivity index (χ3n) is 2.66. The van der Waals surface area contributed by atoms with Crippen molar-refractivity contribution >= 4 is 5.65 Å². The molecule has 0 aliphatic heterocycles. The fraction of sp³-hybridized carbons (Fsp3) is 0.462. The zero-order valence-electron chi connectivity index (χ0n) is 10.4. The van der Waals surface area contributed by atoms with Crippen molar-refractivity contribution in [1.29, 1.82) is 0 Å². The number of ether oxygens (including phenoxy) is 1. The molecule has 0 aliphatic carbocycles. The van der Waals surface area contributed by atoms with E-state index in [0.717, 1.165) is 31.0 Å². The van der Waals surface area contributed by atoms with Crippen LogP contribution in [0.15, 0.2) is 30.6 Å². The maximum Gasteiger partial charge on any atom is 0.137 e. The number of fused-ring (bicyclic) bond motifs is 1. The molecule has 0 saturated carbocycles. The molecule has 0 aliphatic rings. The van der Waals surface area contributed by atoms with E-state index in [1.807, 2.05) is 28.8 Å². The minimum atomic E-state index is 0.525. The Balaban J connectivity index is 1.86. The van der Waals surface area contributed by atoms with Crippen LogP contribution in [0.4, 0.5) is 0 Å². The Morgan fingerprint density at radius 1 is 1.47 bits per heavy atom. The van der Waals surface area contributed by atoms with Crippen LogP contribution in [-0.2, 0) is 11.3 Å². The van der Waals surface area contributed by atoms with Gasteiger partial charge >= 0.3 is 0 Å². The summed E-state index contributed by atoms with van der Waals surface area (Å²) in [4.78, 5) is 4.52. The lowest BCUT2D eigenvalue weighted by molar-refractivity contribution is 0.158. The number of hydrogen-bond acceptors (Lipinski definition) is 3. The van der Waals surface area contributed by atoms with E-state index in [4.69, 9.17) is 4.74 Å². The fourth-order valence-corrected chi connectivity index (χ4v) is 1.86. The molecule has 0 radical (unpaired) electrons. The van der Waals surface area contributed by atoms with Gasteiger partial charge in [0.25, 0.3) is 0 Å². The van der Waals surface area contributed by atoms with Crippen molar-refractivity contribution in [2.45, 2.75) is 13.5 Å². The van der Waals surface area contributed by atoms with Gasteiger partial charge in [0.15, 0.2) is 0 Å². The molecule has 2 rings (SSSR count). The van der Waals surface area contributed by atoms with Crippen LogP contribution in [0, 0.1) is 5.92 Å². The lowest BCUT2D eigenvalue weighted by Crippen LogP contribution is -2.23. The second-order valence-corrected chi connectivity index (χ2v) is 4.39. The highest BCUT2D eigenvalue weighted by Gasteiger charge is 2.03. The highest BCUT2D eigenvalue weighted by Crippen LogP contribution is 2.04. The van der Waals surface area contributed by atoms with E-state index in [2.05, 4.69) is 23.4 Å². The molecule has 1 unspecified atom stereocenters. The summed E-state index contributed by atoms with van der Waals surface area (Å²) in [7, 11) is 1.73. The highest BCUT2D eigenvalue weighted by atomic mass is 16.5. The van der Waals surface area contributed by atoms with Crippen LogP contribution in [0.5, 0.6) is 0 Å². The van der Waals surface area contributed by atoms with Crippen molar-refractivity contribution in [3.05, 3.63) is 36.3 Å². The molecule has 0 spiro atoms. The van der Waals surface area contributed by atoms with Gasteiger partial charge in [-0.15, -0.1) is 0 Å². The molecule has 0 aromatic carbocycles. The molecular weight excluding hydrogens is 214 g/mol. The number of rotatable bonds is 6. The molecule has 92 valence electrons. The van der Waals surface area contributed by atoms with Gasteiger partial charge in [-0.2, -0.15) is 0 Å². The molecule has 2 heterocycles. The number of methoxy groups -OCH3 is 1. The van der Waals surface area contributed by atoms with Crippen LogP contribution in [0.25, 0.3) is 5.65 Å². The van der Waals surface area contributed by atoms with Gasteiger partial charge in [0, 0.05) is 39.2 Å². The largest absolute Gasteiger partial charge is 0.384 e. The number of nitrogens with zero attached hydrogens (tertiary/aromatic N) is 2. The molecular formula is C13H19N3O. The molecule has 1 atom stereocenters. The van der Waals surface area contributed by atoms with Gasteiger partial charge in [-0.1, -0.05) is 13.0 Å². The summed E-state index contributed by atoms with van der Waals surface area (Å²) in [6, 6.07) is 6.02. The van der Waals surface area contributed by atoms with Crippen LogP contribution >= 0.6 is 0 Å². The molecule has 4 nitrogen and oxygen atoms in total. The van der Waals surface area contributed by atoms with E-state index in [9.17, 15) is 0 Å². The molecule has 4 heteroatoms. The lowest BCUT2D eigenvalue weighted by atomic mass is 10.2. The number of pyridine rings is 1. The first kappa shape index (κ1) is 12.1. The molecule has 17 heavy (non-hydrogen) atoms. The zero-order chi connectivity index (χ0) is 12.1. The summed E-state index contributed by atoms with van der Waals surface area (Å²) in [5.41, 5.74) is 2.06. The van der Waals surface area contributed by atoms with Crippen molar-refractivity contribution in [2.75, 3.05) is 20.3 Å². The first-order valence-corrected chi connectivity index (χ1v) is 5.92. The van der Waals surface area contributed by atoms with Crippen molar-refractivity contribution in [3.63, 3.8) is 0 Å². The summed E-state index contributed by atoms with van der Waals surface area (Å²) in [6.45, 7) is 4.70. The van der Waals surface area contributed by atoms with E-state index in [1.54, 1.807) is 7.11 Å². The molecule has 2 aromatic rings. The number of hydrogen-bond donors (Lipinski definition) is 1. The summed E-state index contributed by atoms with van der Waals surface area (Å²) < 4.78 is 7.13. The van der Waals surface area contributed by atoms with Gasteiger partial charge < -0.3 is 14.5 Å². The highest BCUT2D eigenvalue weighted by molar-refractivity contribution is 5.39. The zero-order valence-corrected chi connectivity index (χ0v) is 10.4. The molecule has 0 bridgehead atoms. The second kappa shape index (κ2) is 5.80. The smallest absolute Gasteiger partial charge is 0.137 e. The van der Waals surface area contributed by atoms with Crippen LogP contribution in [-0.4, -0.2) is 29.6 Å². The lowest BCUT2D eigenvalue weighted by Gasteiger charge is -2.10. The molecule has 0 fully saturated rings. The summed E-state index contributed by atoms with van der Waals surface area (Å²) in [5.74, 6) is 0.525. The van der Waals surface area contributed by atoms with Crippen LogP contribution < -0.4 is 5.32 Å². The first-order valence-electron chi connectivity index (χ1n) is 5.92.